The minimum Gasteiger partial charge on any atom is -0.465 e. The van der Waals surface area contributed by atoms with Crippen molar-refractivity contribution in [3.8, 4) is 0 Å². The molecule has 9 heteroatoms. The molecule has 0 N–H and O–H groups in total. The van der Waals surface area contributed by atoms with Gasteiger partial charge in [0.2, 0.25) is 0 Å². The monoisotopic (exact) mass is 322 g/mol. The number of fused-ring (bicyclic) bond motifs is 1. The fourth-order valence-electron chi connectivity index (χ4n) is 2.31. The number of aryl methyl sites for hydroxylation is 1. The highest BCUT2D eigenvalue weighted by atomic mass is 16.5. The van der Waals surface area contributed by atoms with Crippen molar-refractivity contribution in [3.05, 3.63) is 22.1 Å². The van der Waals surface area contributed by atoms with Crippen LogP contribution in [-0.4, -0.2) is 47.7 Å². The molecule has 1 aliphatic rings. The Balaban J connectivity index is 2.65. The Morgan fingerprint density at radius 3 is 2.48 bits per heavy atom. The Bertz CT molecular complexity index is 724. The van der Waals surface area contributed by atoms with Crippen LogP contribution < -0.4 is 10.6 Å². The van der Waals surface area contributed by atoms with Crippen LogP contribution in [0.5, 0.6) is 0 Å². The molecule has 0 aromatic carbocycles. The quantitative estimate of drug-likeness (QED) is 0.707. The minimum atomic E-state index is -1.23. The van der Waals surface area contributed by atoms with E-state index in [1.165, 1.54) is 18.3 Å². The second-order valence-corrected chi connectivity index (χ2v) is 4.79. The molecular weight excluding hydrogens is 304 g/mol. The summed E-state index contributed by atoms with van der Waals surface area (Å²) in [5.74, 6) is -2.72. The molecule has 0 saturated heterocycles. The van der Waals surface area contributed by atoms with E-state index < -0.39 is 23.4 Å². The van der Waals surface area contributed by atoms with Crippen molar-refractivity contribution in [1.29, 1.82) is 0 Å². The molecule has 0 aliphatic carbocycles. The van der Waals surface area contributed by atoms with Crippen LogP contribution in [0.25, 0.3) is 0 Å². The summed E-state index contributed by atoms with van der Waals surface area (Å²) in [6, 6.07) is 0. The second kappa shape index (κ2) is 6.59. The summed E-state index contributed by atoms with van der Waals surface area (Å²) in [5.41, 5.74) is -0.228. The summed E-state index contributed by atoms with van der Waals surface area (Å²) in [6.45, 7) is 3.52. The SMILES string of the molecule is CCOC(=O)C1=NN(C)c2cnn(C)c(=O)c2C1C(=O)OCC. The maximum absolute atomic E-state index is 12.5. The third-order valence-electron chi connectivity index (χ3n) is 3.33. The zero-order valence-electron chi connectivity index (χ0n) is 13.4. The van der Waals surface area contributed by atoms with Crippen molar-refractivity contribution >= 4 is 23.3 Å². The summed E-state index contributed by atoms with van der Waals surface area (Å²) >= 11 is 0. The Labute approximate surface area is 132 Å². The van der Waals surface area contributed by atoms with E-state index in [0.717, 1.165) is 4.68 Å². The number of hydrogen-bond acceptors (Lipinski definition) is 8. The molecule has 124 valence electrons. The van der Waals surface area contributed by atoms with Gasteiger partial charge in [-0.25, -0.2) is 9.48 Å². The van der Waals surface area contributed by atoms with E-state index in [0.29, 0.717) is 5.69 Å². The molecule has 0 fully saturated rings. The maximum atomic E-state index is 12.5. The minimum absolute atomic E-state index is 0.0986. The van der Waals surface area contributed by atoms with E-state index in [4.69, 9.17) is 9.47 Å². The van der Waals surface area contributed by atoms with Crippen molar-refractivity contribution in [3.63, 3.8) is 0 Å². The Hall–Kier alpha value is -2.71. The van der Waals surface area contributed by atoms with Crippen molar-refractivity contribution in [2.45, 2.75) is 19.8 Å². The molecular formula is C14H18N4O5. The number of rotatable bonds is 4. The van der Waals surface area contributed by atoms with Gasteiger partial charge in [-0.2, -0.15) is 10.2 Å². The predicted octanol–water partition coefficient (Wildman–Crippen LogP) is -0.204. The van der Waals surface area contributed by atoms with Crippen LogP contribution >= 0.6 is 0 Å². The van der Waals surface area contributed by atoms with Gasteiger partial charge in [-0.05, 0) is 13.8 Å². The number of hydrazone groups is 1. The highest BCUT2D eigenvalue weighted by Crippen LogP contribution is 2.31. The van der Waals surface area contributed by atoms with E-state index in [2.05, 4.69) is 10.2 Å². The van der Waals surface area contributed by atoms with Crippen molar-refractivity contribution < 1.29 is 19.1 Å². The Kier molecular flexibility index (Phi) is 4.77. The Morgan fingerprint density at radius 2 is 1.87 bits per heavy atom. The third-order valence-corrected chi connectivity index (χ3v) is 3.33. The van der Waals surface area contributed by atoms with Gasteiger partial charge >= 0.3 is 11.9 Å². The first-order chi connectivity index (χ1) is 10.9. The van der Waals surface area contributed by atoms with Crippen LogP contribution in [0.4, 0.5) is 5.69 Å². The Morgan fingerprint density at radius 1 is 1.22 bits per heavy atom. The summed E-state index contributed by atoms with van der Waals surface area (Å²) < 4.78 is 11.0. The summed E-state index contributed by atoms with van der Waals surface area (Å²) in [6.07, 6.45) is 1.41. The third kappa shape index (κ3) is 2.94. The molecule has 0 amide bonds. The summed E-state index contributed by atoms with van der Waals surface area (Å²) in [5, 5.41) is 9.32. The van der Waals surface area contributed by atoms with Crippen LogP contribution in [0.15, 0.2) is 16.1 Å². The lowest BCUT2D eigenvalue weighted by Gasteiger charge is -2.28. The van der Waals surface area contributed by atoms with Gasteiger partial charge in [0.25, 0.3) is 5.56 Å². The van der Waals surface area contributed by atoms with Crippen LogP contribution in [0.1, 0.15) is 25.3 Å². The second-order valence-electron chi connectivity index (χ2n) is 4.79. The number of carbonyl (C=O) groups excluding carboxylic acids is 2. The molecule has 2 heterocycles. The van der Waals surface area contributed by atoms with E-state index in [1.54, 1.807) is 20.9 Å². The molecule has 0 saturated carbocycles. The van der Waals surface area contributed by atoms with Gasteiger partial charge < -0.3 is 9.47 Å². The number of nitrogens with zero attached hydrogens (tertiary/aromatic N) is 4. The van der Waals surface area contributed by atoms with Crippen molar-refractivity contribution in [2.75, 3.05) is 25.3 Å². The fraction of sp³-hybridized carbons (Fsp3) is 0.500. The number of hydrogen-bond donors (Lipinski definition) is 0. The topological polar surface area (TPSA) is 103 Å². The van der Waals surface area contributed by atoms with Crippen LogP contribution in [-0.2, 0) is 26.1 Å². The predicted molar refractivity (Wildman–Crippen MR) is 81.3 cm³/mol. The molecule has 1 aromatic heterocycles. The lowest BCUT2D eigenvalue weighted by Crippen LogP contribution is -2.42. The van der Waals surface area contributed by atoms with Crippen LogP contribution in [0.3, 0.4) is 0 Å². The van der Waals surface area contributed by atoms with Gasteiger partial charge in [0.15, 0.2) is 5.71 Å². The first-order valence-electron chi connectivity index (χ1n) is 7.14. The van der Waals surface area contributed by atoms with Gasteiger partial charge in [0.05, 0.1) is 30.7 Å². The van der Waals surface area contributed by atoms with Gasteiger partial charge in [-0.3, -0.25) is 14.6 Å². The first-order valence-corrected chi connectivity index (χ1v) is 7.14. The van der Waals surface area contributed by atoms with Crippen LogP contribution in [0, 0.1) is 0 Å². The largest absolute Gasteiger partial charge is 0.465 e. The molecule has 23 heavy (non-hydrogen) atoms. The van der Waals surface area contributed by atoms with Gasteiger partial charge in [-0.1, -0.05) is 0 Å². The number of carbonyl (C=O) groups is 2. The molecule has 0 radical (unpaired) electrons. The zero-order valence-corrected chi connectivity index (χ0v) is 13.4. The van der Waals surface area contributed by atoms with Crippen molar-refractivity contribution in [1.82, 2.24) is 9.78 Å². The van der Waals surface area contributed by atoms with E-state index >= 15 is 0 Å². The van der Waals surface area contributed by atoms with E-state index in [1.807, 2.05) is 0 Å². The zero-order chi connectivity index (χ0) is 17.1. The smallest absolute Gasteiger partial charge is 0.355 e. The number of aromatic nitrogens is 2. The van der Waals surface area contributed by atoms with E-state index in [9.17, 15) is 14.4 Å². The van der Waals surface area contributed by atoms with E-state index in [-0.39, 0.29) is 24.5 Å². The highest BCUT2D eigenvalue weighted by molar-refractivity contribution is 6.43. The lowest BCUT2D eigenvalue weighted by molar-refractivity contribution is -0.144. The fourth-order valence-corrected chi connectivity index (χ4v) is 2.31. The molecule has 0 spiro atoms. The average Bonchev–Trinajstić information content (AvgIpc) is 2.51. The molecule has 1 atom stereocenters. The number of esters is 2. The molecule has 1 aromatic rings. The van der Waals surface area contributed by atoms with Crippen molar-refractivity contribution in [2.24, 2.45) is 12.1 Å². The van der Waals surface area contributed by atoms with Gasteiger partial charge in [0, 0.05) is 14.1 Å². The van der Waals surface area contributed by atoms with Gasteiger partial charge in [-0.15, -0.1) is 0 Å². The average molecular weight is 322 g/mol. The molecule has 9 nitrogen and oxygen atoms in total. The highest BCUT2D eigenvalue weighted by Gasteiger charge is 2.41. The maximum Gasteiger partial charge on any atom is 0.355 e. The molecule has 1 aliphatic heterocycles. The number of ether oxygens (including phenoxy) is 2. The molecule has 1 unspecified atom stereocenters. The number of anilines is 1. The summed E-state index contributed by atoms with van der Waals surface area (Å²) in [4.78, 5) is 37.0. The normalized spacial score (nSPS) is 16.4. The molecule has 2 rings (SSSR count). The molecule has 0 bridgehead atoms. The standard InChI is InChI=1S/C14H18N4O5/c1-5-22-13(20)10-9-8(7-15-18(4)12(9)19)17(3)16-11(10)14(21)23-6-2/h7,10H,5-6H2,1-4H3. The first kappa shape index (κ1) is 16.7. The van der Waals surface area contributed by atoms with Gasteiger partial charge in [0.1, 0.15) is 5.92 Å². The van der Waals surface area contributed by atoms with Crippen LogP contribution in [0.2, 0.25) is 0 Å². The summed E-state index contributed by atoms with van der Waals surface area (Å²) in [7, 11) is 3.02. The lowest BCUT2D eigenvalue weighted by atomic mass is 9.92.